The maximum Gasteiger partial charge on any atom is 0.302 e. The number of nitrogens with zero attached hydrogens (tertiary/aromatic N) is 1. The summed E-state index contributed by atoms with van der Waals surface area (Å²) in [5, 5.41) is 5.30. The third-order valence-electron chi connectivity index (χ3n) is 2.91. The highest BCUT2D eigenvalue weighted by Gasteiger charge is 2.25. The molecule has 0 atom stereocenters. The number of nitrogens with one attached hydrogen (secondary N) is 2. The van der Waals surface area contributed by atoms with Gasteiger partial charge < -0.3 is 9.73 Å². The van der Waals surface area contributed by atoms with Crippen LogP contribution < -0.4 is 10.6 Å². The first-order valence-electron chi connectivity index (χ1n) is 6.35. The minimum absolute atomic E-state index is 0.0137. The van der Waals surface area contributed by atoms with E-state index in [-0.39, 0.29) is 29.6 Å². The number of oxazole rings is 1. The number of benzene rings is 1. The van der Waals surface area contributed by atoms with Gasteiger partial charge in [-0.3, -0.25) is 14.9 Å². The van der Waals surface area contributed by atoms with Crippen molar-refractivity contribution in [3.8, 4) is 0 Å². The van der Waals surface area contributed by atoms with E-state index in [0.29, 0.717) is 5.56 Å². The maximum atomic E-state index is 11.9. The van der Waals surface area contributed by atoms with Crippen LogP contribution in [0.5, 0.6) is 0 Å². The zero-order valence-corrected chi connectivity index (χ0v) is 10.6. The molecule has 0 bridgehead atoms. The molecule has 0 saturated heterocycles. The quantitative estimate of drug-likeness (QED) is 0.888. The molecule has 0 spiro atoms. The minimum atomic E-state index is -0.332. The summed E-state index contributed by atoms with van der Waals surface area (Å²) < 4.78 is 5.08. The van der Waals surface area contributed by atoms with Gasteiger partial charge in [-0.25, -0.2) is 0 Å². The zero-order chi connectivity index (χ0) is 13.9. The van der Waals surface area contributed by atoms with E-state index >= 15 is 0 Å². The summed E-state index contributed by atoms with van der Waals surface area (Å²) >= 11 is 0. The van der Waals surface area contributed by atoms with Gasteiger partial charge in [-0.15, -0.1) is 0 Å². The molecule has 6 heteroatoms. The lowest BCUT2D eigenvalue weighted by molar-refractivity contribution is 0.0945. The smallest absolute Gasteiger partial charge is 0.302 e. The lowest BCUT2D eigenvalue weighted by Gasteiger charge is -2.00. The Bertz CT molecular complexity index is 632. The molecule has 1 aromatic carbocycles. The van der Waals surface area contributed by atoms with E-state index in [4.69, 9.17) is 4.42 Å². The average molecular weight is 271 g/mol. The van der Waals surface area contributed by atoms with Crippen molar-refractivity contribution in [2.45, 2.75) is 18.9 Å². The lowest BCUT2D eigenvalue weighted by atomic mass is 10.2. The number of amides is 2. The van der Waals surface area contributed by atoms with Crippen LogP contribution in [0.1, 0.15) is 33.7 Å². The van der Waals surface area contributed by atoms with Crippen molar-refractivity contribution < 1.29 is 14.0 Å². The Morgan fingerprint density at radius 3 is 2.60 bits per heavy atom. The predicted octanol–water partition coefficient (Wildman–Crippen LogP) is 1.82. The Labute approximate surface area is 115 Å². The van der Waals surface area contributed by atoms with Crippen molar-refractivity contribution in [1.29, 1.82) is 0 Å². The fourth-order valence-electron chi connectivity index (χ4n) is 1.68. The van der Waals surface area contributed by atoms with E-state index in [0.717, 1.165) is 12.8 Å². The Balaban J connectivity index is 1.64. The predicted molar refractivity (Wildman–Crippen MR) is 71.4 cm³/mol. The summed E-state index contributed by atoms with van der Waals surface area (Å²) in [5.41, 5.74) is 0.662. The van der Waals surface area contributed by atoms with Crippen LogP contribution in [0.15, 0.2) is 41.0 Å². The summed E-state index contributed by atoms with van der Waals surface area (Å²) in [4.78, 5) is 27.5. The third kappa shape index (κ3) is 2.85. The number of hydrogen-bond acceptors (Lipinski definition) is 4. The molecule has 0 aliphatic heterocycles. The van der Waals surface area contributed by atoms with Crippen LogP contribution in [0.2, 0.25) is 0 Å². The maximum absolute atomic E-state index is 11.9. The van der Waals surface area contributed by atoms with Crippen molar-refractivity contribution in [3.05, 3.63) is 47.9 Å². The zero-order valence-electron chi connectivity index (χ0n) is 10.6. The summed E-state index contributed by atoms with van der Waals surface area (Å²) in [6.07, 6.45) is 3.24. The van der Waals surface area contributed by atoms with Gasteiger partial charge in [0.2, 0.25) is 0 Å². The SMILES string of the molecule is O=C(Nc1nc(C(=O)NC2CC2)co1)c1ccccc1. The minimum Gasteiger partial charge on any atom is -0.431 e. The monoisotopic (exact) mass is 271 g/mol. The van der Waals surface area contributed by atoms with Gasteiger partial charge in [-0.1, -0.05) is 18.2 Å². The Hall–Kier alpha value is -2.63. The van der Waals surface area contributed by atoms with Crippen LogP contribution in [0.3, 0.4) is 0 Å². The largest absolute Gasteiger partial charge is 0.431 e. The van der Waals surface area contributed by atoms with Crippen LogP contribution in [0.25, 0.3) is 0 Å². The topological polar surface area (TPSA) is 84.2 Å². The van der Waals surface area contributed by atoms with Gasteiger partial charge in [-0.2, -0.15) is 4.98 Å². The Kier molecular flexibility index (Phi) is 3.20. The highest BCUT2D eigenvalue weighted by Crippen LogP contribution is 2.19. The van der Waals surface area contributed by atoms with Crippen LogP contribution in [0, 0.1) is 0 Å². The van der Waals surface area contributed by atoms with E-state index in [9.17, 15) is 9.59 Å². The fourth-order valence-corrected chi connectivity index (χ4v) is 1.68. The first kappa shape index (κ1) is 12.4. The van der Waals surface area contributed by atoms with Crippen molar-refractivity contribution in [3.63, 3.8) is 0 Å². The normalized spacial score (nSPS) is 13.8. The summed E-state index contributed by atoms with van der Waals surface area (Å²) in [6, 6.07) is 8.97. The van der Waals surface area contributed by atoms with Gasteiger partial charge in [0, 0.05) is 11.6 Å². The standard InChI is InChI=1S/C14H13N3O3/c18-12(9-4-2-1-3-5-9)17-14-16-11(8-20-14)13(19)15-10-6-7-10/h1-5,8,10H,6-7H2,(H,15,19)(H,16,17,18). The highest BCUT2D eigenvalue weighted by molar-refractivity contribution is 6.03. The molecule has 1 aliphatic carbocycles. The van der Waals surface area contributed by atoms with E-state index in [1.165, 1.54) is 6.26 Å². The summed E-state index contributed by atoms with van der Waals surface area (Å²) in [7, 11) is 0. The van der Waals surface area contributed by atoms with Crippen molar-refractivity contribution in [2.75, 3.05) is 5.32 Å². The van der Waals surface area contributed by atoms with Crippen molar-refractivity contribution in [1.82, 2.24) is 10.3 Å². The van der Waals surface area contributed by atoms with Gasteiger partial charge in [-0.05, 0) is 25.0 Å². The lowest BCUT2D eigenvalue weighted by Crippen LogP contribution is -2.25. The second-order valence-corrected chi connectivity index (χ2v) is 4.61. The molecule has 102 valence electrons. The van der Waals surface area contributed by atoms with E-state index in [1.807, 2.05) is 6.07 Å². The third-order valence-corrected chi connectivity index (χ3v) is 2.91. The van der Waals surface area contributed by atoms with E-state index < -0.39 is 0 Å². The van der Waals surface area contributed by atoms with E-state index in [2.05, 4.69) is 15.6 Å². The van der Waals surface area contributed by atoms with Gasteiger partial charge in [0.25, 0.3) is 11.8 Å². The first-order valence-corrected chi connectivity index (χ1v) is 6.35. The fraction of sp³-hybridized carbons (Fsp3) is 0.214. The molecular formula is C14H13N3O3. The van der Waals surface area contributed by atoms with Crippen LogP contribution in [-0.2, 0) is 0 Å². The number of carbonyl (C=O) groups is 2. The summed E-state index contributed by atoms with van der Waals surface area (Å²) in [5.74, 6) is -0.613. The molecule has 2 aromatic rings. The number of rotatable bonds is 4. The molecule has 3 rings (SSSR count). The van der Waals surface area contributed by atoms with Crippen LogP contribution >= 0.6 is 0 Å². The second kappa shape index (κ2) is 5.16. The molecular weight excluding hydrogens is 258 g/mol. The van der Waals surface area contributed by atoms with Crippen LogP contribution in [0.4, 0.5) is 6.01 Å². The molecule has 20 heavy (non-hydrogen) atoms. The number of hydrogen-bond donors (Lipinski definition) is 2. The molecule has 2 amide bonds. The number of aromatic nitrogens is 1. The molecule has 1 heterocycles. The van der Waals surface area contributed by atoms with Crippen LogP contribution in [-0.4, -0.2) is 22.8 Å². The van der Waals surface area contributed by atoms with E-state index in [1.54, 1.807) is 24.3 Å². The average Bonchev–Trinajstić information content (AvgIpc) is 3.15. The van der Waals surface area contributed by atoms with Gasteiger partial charge in [0.05, 0.1) is 0 Å². The molecule has 2 N–H and O–H groups in total. The van der Waals surface area contributed by atoms with Gasteiger partial charge in [0.15, 0.2) is 5.69 Å². The Morgan fingerprint density at radius 1 is 1.15 bits per heavy atom. The molecule has 0 unspecified atom stereocenters. The number of carbonyl (C=O) groups excluding carboxylic acids is 2. The molecule has 0 radical (unpaired) electrons. The van der Waals surface area contributed by atoms with Crippen molar-refractivity contribution in [2.24, 2.45) is 0 Å². The first-order chi connectivity index (χ1) is 9.72. The van der Waals surface area contributed by atoms with Crippen molar-refractivity contribution >= 4 is 17.8 Å². The highest BCUT2D eigenvalue weighted by atomic mass is 16.4. The van der Waals surface area contributed by atoms with Gasteiger partial charge >= 0.3 is 6.01 Å². The molecule has 1 saturated carbocycles. The molecule has 1 aromatic heterocycles. The van der Waals surface area contributed by atoms with Gasteiger partial charge in [0.1, 0.15) is 6.26 Å². The molecule has 1 fully saturated rings. The molecule has 1 aliphatic rings. The summed E-state index contributed by atoms with van der Waals surface area (Å²) in [6.45, 7) is 0. The number of anilines is 1. The Morgan fingerprint density at radius 2 is 1.90 bits per heavy atom. The second-order valence-electron chi connectivity index (χ2n) is 4.61. The molecule has 6 nitrogen and oxygen atoms in total.